The maximum Gasteiger partial charge on any atom is 0.255 e. The Bertz CT molecular complexity index is 1130. The summed E-state index contributed by atoms with van der Waals surface area (Å²) >= 11 is 0. The molecular weight excluding hydrogens is 390 g/mol. The van der Waals surface area contributed by atoms with Crippen LogP contribution < -0.4 is 15.0 Å². The van der Waals surface area contributed by atoms with E-state index in [1.54, 1.807) is 56.0 Å². The summed E-state index contributed by atoms with van der Waals surface area (Å²) in [6.07, 6.45) is 5.09. The van der Waals surface area contributed by atoms with Crippen LogP contribution in [0.15, 0.2) is 85.3 Å². The minimum absolute atomic E-state index is 0.210. The van der Waals surface area contributed by atoms with Crippen LogP contribution in [0.2, 0.25) is 0 Å². The van der Waals surface area contributed by atoms with E-state index in [0.29, 0.717) is 28.8 Å². The highest BCUT2D eigenvalue weighted by molar-refractivity contribution is 6.04. The van der Waals surface area contributed by atoms with Gasteiger partial charge in [0.1, 0.15) is 11.6 Å². The lowest BCUT2D eigenvalue weighted by atomic mass is 10.1. The van der Waals surface area contributed by atoms with Crippen LogP contribution in [0, 0.1) is 6.92 Å². The molecule has 4 rings (SSSR count). The molecular formula is C24H21N5O2. The van der Waals surface area contributed by atoms with Gasteiger partial charge in [0.2, 0.25) is 5.95 Å². The number of nitrogens with zero attached hydrogens (tertiary/aromatic N) is 4. The van der Waals surface area contributed by atoms with Gasteiger partial charge in [0.25, 0.3) is 5.91 Å². The van der Waals surface area contributed by atoms with Gasteiger partial charge in [-0.15, -0.1) is 0 Å². The van der Waals surface area contributed by atoms with Gasteiger partial charge in [0, 0.05) is 29.8 Å². The zero-order valence-electron chi connectivity index (χ0n) is 17.2. The van der Waals surface area contributed by atoms with Crippen LogP contribution in [0.1, 0.15) is 15.9 Å². The number of carbonyl (C=O) groups is 1. The summed E-state index contributed by atoms with van der Waals surface area (Å²) in [6.45, 7) is 1.99. The van der Waals surface area contributed by atoms with Gasteiger partial charge >= 0.3 is 0 Å². The number of nitrogens with one attached hydrogen (secondary N) is 1. The smallest absolute Gasteiger partial charge is 0.255 e. The first-order valence-electron chi connectivity index (χ1n) is 9.70. The predicted molar refractivity (Wildman–Crippen MR) is 120 cm³/mol. The van der Waals surface area contributed by atoms with Crippen LogP contribution in [0.3, 0.4) is 0 Å². The number of ether oxygens (including phenoxy) is 1. The second kappa shape index (κ2) is 9.04. The normalized spacial score (nSPS) is 10.4. The molecule has 2 aromatic carbocycles. The molecule has 4 aromatic rings. The number of pyridine rings is 1. The van der Waals surface area contributed by atoms with E-state index in [2.05, 4.69) is 20.3 Å². The van der Waals surface area contributed by atoms with Crippen molar-refractivity contribution in [1.82, 2.24) is 15.0 Å². The highest BCUT2D eigenvalue weighted by Crippen LogP contribution is 2.34. The monoisotopic (exact) mass is 411 g/mol. The molecule has 0 spiro atoms. The molecule has 0 bridgehead atoms. The Hall–Kier alpha value is -4.26. The van der Waals surface area contributed by atoms with Crippen molar-refractivity contribution >= 4 is 29.0 Å². The zero-order chi connectivity index (χ0) is 21.6. The Morgan fingerprint density at radius 3 is 2.32 bits per heavy atom. The Morgan fingerprint density at radius 2 is 1.65 bits per heavy atom. The van der Waals surface area contributed by atoms with Crippen LogP contribution in [0.4, 0.5) is 23.1 Å². The molecule has 0 aliphatic rings. The van der Waals surface area contributed by atoms with Crippen molar-refractivity contribution in [2.45, 2.75) is 6.92 Å². The van der Waals surface area contributed by atoms with E-state index in [-0.39, 0.29) is 5.91 Å². The molecule has 0 unspecified atom stereocenters. The van der Waals surface area contributed by atoms with Gasteiger partial charge in [-0.25, -0.2) is 15.0 Å². The van der Waals surface area contributed by atoms with Crippen LogP contribution in [0.25, 0.3) is 0 Å². The van der Waals surface area contributed by atoms with Crippen LogP contribution in [0.5, 0.6) is 5.75 Å². The summed E-state index contributed by atoms with van der Waals surface area (Å²) < 4.78 is 5.15. The van der Waals surface area contributed by atoms with Crippen molar-refractivity contribution < 1.29 is 9.53 Å². The second-order valence-corrected chi connectivity index (χ2v) is 6.76. The zero-order valence-corrected chi connectivity index (χ0v) is 17.2. The maximum atomic E-state index is 12.7. The van der Waals surface area contributed by atoms with Gasteiger partial charge in [-0.3, -0.25) is 9.69 Å². The number of aromatic nitrogens is 3. The summed E-state index contributed by atoms with van der Waals surface area (Å²) in [5, 5.41) is 2.95. The lowest BCUT2D eigenvalue weighted by Crippen LogP contribution is -2.17. The van der Waals surface area contributed by atoms with Crippen molar-refractivity contribution in [3.8, 4) is 5.75 Å². The van der Waals surface area contributed by atoms with E-state index in [1.165, 1.54) is 0 Å². The van der Waals surface area contributed by atoms with Gasteiger partial charge in [-0.1, -0.05) is 12.1 Å². The fraction of sp³-hybridized carbons (Fsp3) is 0.0833. The van der Waals surface area contributed by atoms with Crippen molar-refractivity contribution in [1.29, 1.82) is 0 Å². The minimum Gasteiger partial charge on any atom is -0.497 e. The number of methoxy groups -OCH3 is 1. The van der Waals surface area contributed by atoms with Crippen molar-refractivity contribution in [2.24, 2.45) is 0 Å². The third kappa shape index (κ3) is 4.51. The Morgan fingerprint density at radius 1 is 0.903 bits per heavy atom. The lowest BCUT2D eigenvalue weighted by Gasteiger charge is -2.24. The lowest BCUT2D eigenvalue weighted by molar-refractivity contribution is 0.102. The molecule has 0 fully saturated rings. The quantitative estimate of drug-likeness (QED) is 0.486. The first kappa shape index (κ1) is 20.0. The average molecular weight is 411 g/mol. The number of rotatable bonds is 6. The van der Waals surface area contributed by atoms with Crippen LogP contribution in [-0.4, -0.2) is 28.0 Å². The molecule has 1 N–H and O–H groups in total. The van der Waals surface area contributed by atoms with E-state index in [9.17, 15) is 4.79 Å². The Labute approximate surface area is 180 Å². The average Bonchev–Trinajstić information content (AvgIpc) is 2.82. The number of hydrogen-bond acceptors (Lipinski definition) is 6. The fourth-order valence-corrected chi connectivity index (χ4v) is 3.10. The minimum atomic E-state index is -0.210. The van der Waals surface area contributed by atoms with Crippen LogP contribution in [-0.2, 0) is 0 Å². The summed E-state index contributed by atoms with van der Waals surface area (Å²) in [5.41, 5.74) is 2.99. The number of aryl methyl sites for hydroxylation is 1. The van der Waals surface area contributed by atoms with Crippen molar-refractivity contribution in [2.75, 3.05) is 17.3 Å². The van der Waals surface area contributed by atoms with E-state index in [1.807, 2.05) is 48.2 Å². The molecule has 154 valence electrons. The molecule has 31 heavy (non-hydrogen) atoms. The SMILES string of the molecule is COc1ccc(C(=O)Nc2ccc(C)c(N(c3ccccn3)c3ncccn3)c2)cc1. The first-order valence-corrected chi connectivity index (χ1v) is 9.70. The summed E-state index contributed by atoms with van der Waals surface area (Å²) in [6, 6.07) is 20.1. The molecule has 0 atom stereocenters. The van der Waals surface area contributed by atoms with Gasteiger partial charge in [0.05, 0.1) is 12.8 Å². The summed E-state index contributed by atoms with van der Waals surface area (Å²) in [5.74, 6) is 1.65. The summed E-state index contributed by atoms with van der Waals surface area (Å²) in [7, 11) is 1.59. The van der Waals surface area contributed by atoms with Crippen molar-refractivity contribution in [3.05, 3.63) is 96.4 Å². The van der Waals surface area contributed by atoms with Gasteiger partial charge in [-0.05, 0) is 67.1 Å². The molecule has 0 radical (unpaired) electrons. The second-order valence-electron chi connectivity index (χ2n) is 6.76. The molecule has 0 aliphatic heterocycles. The molecule has 7 nitrogen and oxygen atoms in total. The number of amides is 1. The van der Waals surface area contributed by atoms with Gasteiger partial charge in [0.15, 0.2) is 0 Å². The van der Waals surface area contributed by atoms with E-state index >= 15 is 0 Å². The predicted octanol–water partition coefficient (Wildman–Crippen LogP) is 4.91. The molecule has 7 heteroatoms. The van der Waals surface area contributed by atoms with Gasteiger partial charge < -0.3 is 10.1 Å². The Kier molecular flexibility index (Phi) is 5.84. The molecule has 2 aromatic heterocycles. The highest BCUT2D eigenvalue weighted by Gasteiger charge is 2.18. The van der Waals surface area contributed by atoms with E-state index < -0.39 is 0 Å². The Balaban J connectivity index is 1.69. The molecule has 2 heterocycles. The van der Waals surface area contributed by atoms with E-state index in [4.69, 9.17) is 4.74 Å². The topological polar surface area (TPSA) is 80.2 Å². The third-order valence-electron chi connectivity index (χ3n) is 4.69. The van der Waals surface area contributed by atoms with Gasteiger partial charge in [-0.2, -0.15) is 0 Å². The number of hydrogen-bond donors (Lipinski definition) is 1. The molecule has 0 aliphatic carbocycles. The molecule has 0 saturated heterocycles. The van der Waals surface area contributed by atoms with E-state index in [0.717, 1.165) is 11.3 Å². The maximum absolute atomic E-state index is 12.7. The third-order valence-corrected chi connectivity index (χ3v) is 4.69. The standard InChI is InChI=1S/C24H21N5O2/c1-17-7-10-19(28-23(30)18-8-11-20(31-2)12-9-18)16-21(17)29(22-6-3-4-13-25-22)24-26-14-5-15-27-24/h3-16H,1-2H3,(H,28,30). The largest absolute Gasteiger partial charge is 0.497 e. The highest BCUT2D eigenvalue weighted by atomic mass is 16.5. The fourth-order valence-electron chi connectivity index (χ4n) is 3.10. The number of carbonyl (C=O) groups excluding carboxylic acids is 1. The number of anilines is 4. The summed E-state index contributed by atoms with van der Waals surface area (Å²) in [4.78, 5) is 27.9. The molecule has 0 saturated carbocycles. The van der Waals surface area contributed by atoms with Crippen LogP contribution >= 0.6 is 0 Å². The first-order chi connectivity index (χ1) is 15.2. The molecule has 1 amide bonds. The number of benzene rings is 2. The van der Waals surface area contributed by atoms with Crippen molar-refractivity contribution in [3.63, 3.8) is 0 Å².